The molecular formula is C24H54O6. The maximum atomic E-state index is 9.32. The lowest BCUT2D eigenvalue weighted by atomic mass is 9.94. The molecule has 0 aromatic heterocycles. The number of rotatable bonds is 9. The van der Waals surface area contributed by atoms with Gasteiger partial charge in [-0.05, 0) is 35.5 Å². The zero-order valence-electron chi connectivity index (χ0n) is 21.6. The summed E-state index contributed by atoms with van der Waals surface area (Å²) in [4.78, 5) is 0. The Hall–Kier alpha value is -0.240. The molecule has 0 saturated heterocycles. The number of hydrogen-bond acceptors (Lipinski definition) is 6. The highest BCUT2D eigenvalue weighted by atomic mass is 16.3. The van der Waals surface area contributed by atoms with Crippen LogP contribution in [0.2, 0.25) is 0 Å². The molecule has 6 atom stereocenters. The van der Waals surface area contributed by atoms with Crippen molar-refractivity contribution in [3.05, 3.63) is 0 Å². The minimum absolute atomic E-state index is 0.136. The third-order valence-corrected chi connectivity index (χ3v) is 5.15. The average molecular weight is 439 g/mol. The first-order chi connectivity index (χ1) is 13.4. The molecule has 0 spiro atoms. The van der Waals surface area contributed by atoms with E-state index >= 15 is 0 Å². The summed E-state index contributed by atoms with van der Waals surface area (Å²) in [5, 5.41) is 55.9. The van der Waals surface area contributed by atoms with Crippen LogP contribution in [-0.4, -0.2) is 67.3 Å². The van der Waals surface area contributed by atoms with Crippen molar-refractivity contribution in [2.45, 2.75) is 120 Å². The van der Waals surface area contributed by atoms with Crippen LogP contribution in [0.5, 0.6) is 0 Å². The van der Waals surface area contributed by atoms with E-state index in [1.54, 1.807) is 0 Å². The second-order valence-corrected chi connectivity index (χ2v) is 10.4. The highest BCUT2D eigenvalue weighted by Gasteiger charge is 2.23. The lowest BCUT2D eigenvalue weighted by Gasteiger charge is -2.23. The van der Waals surface area contributed by atoms with Gasteiger partial charge in [0, 0.05) is 0 Å². The molecule has 0 bridgehead atoms. The Bertz CT molecular complexity index is 289. The van der Waals surface area contributed by atoms with Gasteiger partial charge in [-0.25, -0.2) is 0 Å². The molecule has 0 aliphatic carbocycles. The van der Waals surface area contributed by atoms with Gasteiger partial charge in [-0.3, -0.25) is 0 Å². The van der Waals surface area contributed by atoms with Crippen LogP contribution >= 0.6 is 0 Å². The van der Waals surface area contributed by atoms with Crippen molar-refractivity contribution in [2.75, 3.05) is 0 Å². The van der Waals surface area contributed by atoms with Crippen molar-refractivity contribution >= 4 is 0 Å². The van der Waals surface area contributed by atoms with Crippen molar-refractivity contribution in [1.29, 1.82) is 0 Å². The van der Waals surface area contributed by atoms with Crippen molar-refractivity contribution in [2.24, 2.45) is 35.5 Å². The minimum Gasteiger partial charge on any atom is -0.390 e. The van der Waals surface area contributed by atoms with Crippen LogP contribution in [-0.2, 0) is 0 Å². The smallest absolute Gasteiger partial charge is 0.0824 e. The standard InChI is InChI=1S/3C8H18O2/c3*1-5(2)7(9)8(10)6(3)4/h3*5-10H,1-4H3. The van der Waals surface area contributed by atoms with E-state index in [9.17, 15) is 30.6 Å². The first kappa shape index (κ1) is 34.4. The Morgan fingerprint density at radius 2 is 0.300 bits per heavy atom. The summed E-state index contributed by atoms with van der Waals surface area (Å²) in [7, 11) is 0. The van der Waals surface area contributed by atoms with E-state index in [2.05, 4.69) is 0 Å². The summed E-state index contributed by atoms with van der Waals surface area (Å²) in [6.45, 7) is 22.8. The fourth-order valence-corrected chi connectivity index (χ4v) is 2.37. The third kappa shape index (κ3) is 15.5. The van der Waals surface area contributed by atoms with Gasteiger partial charge in [0.15, 0.2) is 0 Å². The number of hydrogen-bond donors (Lipinski definition) is 6. The maximum absolute atomic E-state index is 9.32. The zero-order valence-corrected chi connectivity index (χ0v) is 21.6. The Morgan fingerprint density at radius 3 is 0.333 bits per heavy atom. The highest BCUT2D eigenvalue weighted by molar-refractivity contribution is 4.73. The fourth-order valence-electron chi connectivity index (χ4n) is 2.37. The van der Waals surface area contributed by atoms with Crippen LogP contribution in [0.15, 0.2) is 0 Å². The van der Waals surface area contributed by atoms with E-state index in [1.807, 2.05) is 83.1 Å². The van der Waals surface area contributed by atoms with Gasteiger partial charge in [0.25, 0.3) is 0 Å². The Kier molecular flexibility index (Phi) is 19.9. The summed E-state index contributed by atoms with van der Waals surface area (Å²) >= 11 is 0. The minimum atomic E-state index is -0.583. The molecule has 0 aromatic carbocycles. The highest BCUT2D eigenvalue weighted by Crippen LogP contribution is 2.14. The quantitative estimate of drug-likeness (QED) is 0.329. The summed E-state index contributed by atoms with van der Waals surface area (Å²) in [5.74, 6) is 0.819. The molecular weight excluding hydrogens is 384 g/mol. The Morgan fingerprint density at radius 1 is 0.233 bits per heavy atom. The Balaban J connectivity index is -0.000000364. The molecule has 0 aromatic rings. The van der Waals surface area contributed by atoms with Gasteiger partial charge in [-0.15, -0.1) is 0 Å². The molecule has 6 nitrogen and oxygen atoms in total. The molecule has 6 unspecified atom stereocenters. The van der Waals surface area contributed by atoms with Gasteiger partial charge in [0.05, 0.1) is 36.6 Å². The van der Waals surface area contributed by atoms with Crippen LogP contribution < -0.4 is 0 Å². The molecule has 0 rings (SSSR count). The maximum Gasteiger partial charge on any atom is 0.0824 e. The van der Waals surface area contributed by atoms with Crippen LogP contribution in [0.3, 0.4) is 0 Å². The van der Waals surface area contributed by atoms with E-state index in [0.29, 0.717) is 0 Å². The van der Waals surface area contributed by atoms with Crippen LogP contribution in [0.4, 0.5) is 0 Å². The summed E-state index contributed by atoms with van der Waals surface area (Å²) in [6.07, 6.45) is -3.50. The van der Waals surface area contributed by atoms with Gasteiger partial charge in [0.2, 0.25) is 0 Å². The third-order valence-electron chi connectivity index (χ3n) is 5.15. The molecule has 6 N–H and O–H groups in total. The van der Waals surface area contributed by atoms with Crippen molar-refractivity contribution in [1.82, 2.24) is 0 Å². The van der Waals surface area contributed by atoms with E-state index in [1.165, 1.54) is 0 Å². The lowest BCUT2D eigenvalue weighted by molar-refractivity contribution is -0.0320. The summed E-state index contributed by atoms with van der Waals surface area (Å²) in [6, 6.07) is 0. The van der Waals surface area contributed by atoms with Gasteiger partial charge >= 0.3 is 0 Å². The van der Waals surface area contributed by atoms with E-state index in [-0.39, 0.29) is 35.5 Å². The fraction of sp³-hybridized carbons (Fsp3) is 1.00. The monoisotopic (exact) mass is 438 g/mol. The lowest BCUT2D eigenvalue weighted by Crippen LogP contribution is -2.34. The Labute approximate surface area is 186 Å². The first-order valence-electron chi connectivity index (χ1n) is 11.5. The summed E-state index contributed by atoms with van der Waals surface area (Å²) < 4.78 is 0. The van der Waals surface area contributed by atoms with Gasteiger partial charge in [0.1, 0.15) is 0 Å². The average Bonchev–Trinajstić information content (AvgIpc) is 2.64. The molecule has 0 radical (unpaired) electrons. The molecule has 0 heterocycles. The van der Waals surface area contributed by atoms with Gasteiger partial charge < -0.3 is 30.6 Å². The van der Waals surface area contributed by atoms with E-state index < -0.39 is 36.6 Å². The number of aliphatic hydroxyl groups is 6. The number of aliphatic hydroxyl groups excluding tert-OH is 6. The van der Waals surface area contributed by atoms with E-state index in [4.69, 9.17) is 0 Å². The molecule has 0 aliphatic rings. The first-order valence-corrected chi connectivity index (χ1v) is 11.5. The van der Waals surface area contributed by atoms with E-state index in [0.717, 1.165) is 0 Å². The molecule has 6 heteroatoms. The van der Waals surface area contributed by atoms with Crippen molar-refractivity contribution < 1.29 is 30.6 Å². The summed E-state index contributed by atoms with van der Waals surface area (Å²) in [5.41, 5.74) is 0. The van der Waals surface area contributed by atoms with Crippen LogP contribution in [0.1, 0.15) is 83.1 Å². The largest absolute Gasteiger partial charge is 0.390 e. The topological polar surface area (TPSA) is 121 Å². The van der Waals surface area contributed by atoms with Crippen molar-refractivity contribution in [3.63, 3.8) is 0 Å². The molecule has 0 fully saturated rings. The molecule has 0 aliphatic heterocycles. The predicted molar refractivity (Wildman–Crippen MR) is 125 cm³/mol. The molecule has 0 saturated carbocycles. The molecule has 0 amide bonds. The molecule has 186 valence electrons. The predicted octanol–water partition coefficient (Wildman–Crippen LogP) is 3.06. The van der Waals surface area contributed by atoms with Gasteiger partial charge in [-0.2, -0.15) is 0 Å². The SMILES string of the molecule is CC(C)C(O)C(O)C(C)C.CC(C)C(O)C(O)C(C)C.CC(C)C(O)C(O)C(C)C. The normalized spacial score (nSPS) is 18.0. The second kappa shape index (κ2) is 17.3. The van der Waals surface area contributed by atoms with Crippen LogP contribution in [0.25, 0.3) is 0 Å². The van der Waals surface area contributed by atoms with Crippen LogP contribution in [0, 0.1) is 35.5 Å². The van der Waals surface area contributed by atoms with Gasteiger partial charge in [-0.1, -0.05) is 83.1 Å². The second-order valence-electron chi connectivity index (χ2n) is 10.4. The molecule has 30 heavy (non-hydrogen) atoms. The zero-order chi connectivity index (χ0) is 24.9. The van der Waals surface area contributed by atoms with Crippen molar-refractivity contribution in [3.8, 4) is 0 Å².